The van der Waals surface area contributed by atoms with Gasteiger partial charge in [0, 0.05) is 26.8 Å². The first-order chi connectivity index (χ1) is 10.7. The molecule has 3 heterocycles. The van der Waals surface area contributed by atoms with E-state index in [1.165, 1.54) is 30.5 Å². The summed E-state index contributed by atoms with van der Waals surface area (Å²) in [6.45, 7) is 7.24. The van der Waals surface area contributed by atoms with Crippen LogP contribution >= 0.6 is 0 Å². The number of methoxy groups -OCH3 is 1. The average molecular weight is 303 g/mol. The Morgan fingerprint density at radius 1 is 1.36 bits per heavy atom. The van der Waals surface area contributed by atoms with E-state index < -0.39 is 0 Å². The molecule has 2 aromatic rings. The van der Waals surface area contributed by atoms with Crippen LogP contribution in [0.15, 0.2) is 6.33 Å². The van der Waals surface area contributed by atoms with Crippen molar-refractivity contribution in [1.29, 1.82) is 0 Å². The van der Waals surface area contributed by atoms with Crippen LogP contribution in [-0.4, -0.2) is 46.6 Å². The molecule has 1 fully saturated rings. The molecule has 1 aliphatic rings. The van der Waals surface area contributed by atoms with E-state index in [0.717, 1.165) is 43.4 Å². The molecule has 0 amide bonds. The molecule has 6 nitrogen and oxygen atoms in total. The summed E-state index contributed by atoms with van der Waals surface area (Å²) in [4.78, 5) is 2.48. The molecule has 0 aliphatic carbocycles. The maximum absolute atomic E-state index is 5.18. The van der Waals surface area contributed by atoms with Crippen molar-refractivity contribution in [2.75, 3.05) is 31.7 Å². The molecule has 3 rings (SSSR count). The number of anilines is 1. The second kappa shape index (κ2) is 6.60. The zero-order valence-electron chi connectivity index (χ0n) is 13.7. The van der Waals surface area contributed by atoms with Crippen LogP contribution in [-0.2, 0) is 4.74 Å². The quantitative estimate of drug-likeness (QED) is 0.794. The molecule has 2 aromatic heterocycles. The molecule has 0 radical (unpaired) electrons. The number of hydrogen-bond acceptors (Lipinski definition) is 5. The van der Waals surface area contributed by atoms with E-state index in [2.05, 4.69) is 34.0 Å². The summed E-state index contributed by atoms with van der Waals surface area (Å²) in [5.41, 5.74) is 4.35. The van der Waals surface area contributed by atoms with E-state index in [1.807, 2.05) is 0 Å². The Balaban J connectivity index is 1.84. The number of nitrogens with zero attached hydrogens (tertiary/aromatic N) is 5. The van der Waals surface area contributed by atoms with Crippen molar-refractivity contribution in [3.05, 3.63) is 17.6 Å². The lowest BCUT2D eigenvalue weighted by molar-refractivity contribution is 0.184. The van der Waals surface area contributed by atoms with E-state index in [0.29, 0.717) is 0 Å². The lowest BCUT2D eigenvalue weighted by Gasteiger charge is -2.35. The van der Waals surface area contributed by atoms with Crippen LogP contribution < -0.4 is 4.90 Å². The SMILES string of the molecule is COCCCC1CCCN(c2c(C)c(C)nn3cnnc23)C1. The largest absolute Gasteiger partial charge is 0.385 e. The van der Waals surface area contributed by atoms with Gasteiger partial charge in [0.1, 0.15) is 6.33 Å². The molecule has 0 spiro atoms. The molecule has 1 unspecified atom stereocenters. The molecule has 0 aromatic carbocycles. The van der Waals surface area contributed by atoms with E-state index in [-0.39, 0.29) is 0 Å². The van der Waals surface area contributed by atoms with Crippen molar-refractivity contribution in [2.24, 2.45) is 5.92 Å². The fourth-order valence-electron chi connectivity index (χ4n) is 3.43. The highest BCUT2D eigenvalue weighted by Crippen LogP contribution is 2.31. The number of ether oxygens (including phenoxy) is 1. The summed E-state index contributed by atoms with van der Waals surface area (Å²) >= 11 is 0. The van der Waals surface area contributed by atoms with Crippen LogP contribution in [0.3, 0.4) is 0 Å². The summed E-state index contributed by atoms with van der Waals surface area (Å²) in [5.74, 6) is 0.736. The lowest BCUT2D eigenvalue weighted by atomic mass is 9.93. The van der Waals surface area contributed by atoms with Gasteiger partial charge in [0.25, 0.3) is 0 Å². The summed E-state index contributed by atoms with van der Waals surface area (Å²) < 4.78 is 6.98. The van der Waals surface area contributed by atoms with Gasteiger partial charge in [-0.3, -0.25) is 0 Å². The van der Waals surface area contributed by atoms with Crippen LogP contribution in [0.2, 0.25) is 0 Å². The summed E-state index contributed by atoms with van der Waals surface area (Å²) in [6, 6.07) is 0. The standard InChI is InChI=1S/C16H25N5O/c1-12-13(2)19-21-11-17-18-16(21)15(12)20-8-4-6-14(10-20)7-5-9-22-3/h11,14H,4-10H2,1-3H3. The van der Waals surface area contributed by atoms with Crippen molar-refractivity contribution in [1.82, 2.24) is 19.8 Å². The third-order valence-electron chi connectivity index (χ3n) is 4.69. The Labute approximate surface area is 131 Å². The van der Waals surface area contributed by atoms with E-state index >= 15 is 0 Å². The molecule has 6 heteroatoms. The van der Waals surface area contributed by atoms with Gasteiger partial charge in [0.15, 0.2) is 0 Å². The number of aromatic nitrogens is 4. The molecule has 1 saturated heterocycles. The van der Waals surface area contributed by atoms with Crippen LogP contribution in [0, 0.1) is 19.8 Å². The molecule has 22 heavy (non-hydrogen) atoms. The Kier molecular flexibility index (Phi) is 4.57. The van der Waals surface area contributed by atoms with Crippen molar-refractivity contribution in [3.8, 4) is 0 Å². The topological polar surface area (TPSA) is 55.5 Å². The fraction of sp³-hybridized carbons (Fsp3) is 0.688. The molecule has 0 saturated carbocycles. The van der Waals surface area contributed by atoms with Crippen LogP contribution in [0.25, 0.3) is 5.65 Å². The monoisotopic (exact) mass is 303 g/mol. The smallest absolute Gasteiger partial charge is 0.201 e. The van der Waals surface area contributed by atoms with E-state index in [1.54, 1.807) is 18.0 Å². The normalized spacial score (nSPS) is 19.0. The van der Waals surface area contributed by atoms with Crippen molar-refractivity contribution in [2.45, 2.75) is 39.5 Å². The van der Waals surface area contributed by atoms with Gasteiger partial charge in [-0.25, -0.2) is 0 Å². The maximum atomic E-state index is 5.18. The predicted octanol–water partition coefficient (Wildman–Crippen LogP) is 2.38. The molecule has 0 N–H and O–H groups in total. The second-order valence-corrected chi connectivity index (χ2v) is 6.25. The van der Waals surface area contributed by atoms with E-state index in [4.69, 9.17) is 4.74 Å². The molecule has 0 bridgehead atoms. The second-order valence-electron chi connectivity index (χ2n) is 6.25. The van der Waals surface area contributed by atoms with E-state index in [9.17, 15) is 0 Å². The first-order valence-corrected chi connectivity index (χ1v) is 8.11. The van der Waals surface area contributed by atoms with Crippen LogP contribution in [0.4, 0.5) is 5.69 Å². The minimum atomic E-state index is 0.736. The van der Waals surface area contributed by atoms with Gasteiger partial charge in [0.2, 0.25) is 5.65 Å². The highest BCUT2D eigenvalue weighted by Gasteiger charge is 2.24. The molecular weight excluding hydrogens is 278 g/mol. The van der Waals surface area contributed by atoms with Crippen molar-refractivity contribution >= 4 is 11.3 Å². The van der Waals surface area contributed by atoms with Gasteiger partial charge in [0.05, 0.1) is 11.4 Å². The Morgan fingerprint density at radius 3 is 3.05 bits per heavy atom. The van der Waals surface area contributed by atoms with Gasteiger partial charge in [-0.2, -0.15) is 9.61 Å². The average Bonchev–Trinajstić information content (AvgIpc) is 2.96. The summed E-state index contributed by atoms with van der Waals surface area (Å²) in [6.07, 6.45) is 6.61. The van der Waals surface area contributed by atoms with Crippen molar-refractivity contribution in [3.63, 3.8) is 0 Å². The maximum Gasteiger partial charge on any atom is 0.201 e. The first-order valence-electron chi connectivity index (χ1n) is 8.11. The number of fused-ring (bicyclic) bond motifs is 1. The highest BCUT2D eigenvalue weighted by molar-refractivity contribution is 5.72. The number of piperidine rings is 1. The van der Waals surface area contributed by atoms with Gasteiger partial charge in [-0.15, -0.1) is 10.2 Å². The zero-order valence-corrected chi connectivity index (χ0v) is 13.7. The van der Waals surface area contributed by atoms with Gasteiger partial charge in [-0.1, -0.05) is 0 Å². The number of aryl methyl sites for hydroxylation is 1. The Hall–Kier alpha value is -1.69. The Morgan fingerprint density at radius 2 is 2.23 bits per heavy atom. The summed E-state index contributed by atoms with van der Waals surface area (Å²) in [7, 11) is 1.78. The van der Waals surface area contributed by atoms with Gasteiger partial charge >= 0.3 is 0 Å². The van der Waals surface area contributed by atoms with Gasteiger partial charge < -0.3 is 9.64 Å². The highest BCUT2D eigenvalue weighted by atomic mass is 16.5. The molecule has 1 atom stereocenters. The van der Waals surface area contributed by atoms with Crippen LogP contribution in [0.5, 0.6) is 0 Å². The first kappa shape index (κ1) is 15.2. The fourth-order valence-corrected chi connectivity index (χ4v) is 3.43. The minimum absolute atomic E-state index is 0.736. The number of hydrogen-bond donors (Lipinski definition) is 0. The number of rotatable bonds is 5. The molecular formula is C16H25N5O. The molecule has 1 aliphatic heterocycles. The summed E-state index contributed by atoms with van der Waals surface area (Å²) in [5, 5.41) is 12.8. The third-order valence-corrected chi connectivity index (χ3v) is 4.69. The third kappa shape index (κ3) is 2.92. The molecule has 120 valence electrons. The predicted molar refractivity (Wildman–Crippen MR) is 86.3 cm³/mol. The van der Waals surface area contributed by atoms with Crippen LogP contribution in [0.1, 0.15) is 36.9 Å². The Bertz CT molecular complexity index is 639. The zero-order chi connectivity index (χ0) is 15.5. The van der Waals surface area contributed by atoms with Crippen molar-refractivity contribution < 1.29 is 4.74 Å². The lowest BCUT2D eigenvalue weighted by Crippen LogP contribution is -2.36. The van der Waals surface area contributed by atoms with Gasteiger partial charge in [-0.05, 0) is 51.0 Å². The minimum Gasteiger partial charge on any atom is -0.385 e.